The number of ether oxygens (including phenoxy) is 1. The van der Waals surface area contributed by atoms with Gasteiger partial charge in [0.2, 0.25) is 0 Å². The molecule has 5 rings (SSSR count). The van der Waals surface area contributed by atoms with E-state index in [1.54, 1.807) is 17.6 Å². The fourth-order valence-corrected chi connectivity index (χ4v) is 4.59. The summed E-state index contributed by atoms with van der Waals surface area (Å²) in [5.74, 6) is -0.646. The molecule has 1 aliphatic heterocycles. The van der Waals surface area contributed by atoms with Gasteiger partial charge < -0.3 is 10.1 Å². The minimum Gasteiger partial charge on any atom is -0.464 e. The van der Waals surface area contributed by atoms with Crippen molar-refractivity contribution in [2.24, 2.45) is 0 Å². The molecule has 36 heavy (non-hydrogen) atoms. The van der Waals surface area contributed by atoms with E-state index in [1.807, 2.05) is 36.4 Å². The van der Waals surface area contributed by atoms with Crippen molar-refractivity contribution in [3.63, 3.8) is 0 Å². The first-order chi connectivity index (χ1) is 17.4. The zero-order valence-electron chi connectivity index (χ0n) is 19.6. The van der Waals surface area contributed by atoms with E-state index >= 15 is 0 Å². The Morgan fingerprint density at radius 3 is 2.72 bits per heavy atom. The van der Waals surface area contributed by atoms with Crippen molar-refractivity contribution in [3.05, 3.63) is 98.6 Å². The highest BCUT2D eigenvalue weighted by atomic mass is 35.5. The summed E-state index contributed by atoms with van der Waals surface area (Å²) >= 11 is 5.96. The highest BCUT2D eigenvalue weighted by Gasteiger charge is 2.25. The second-order valence-electron chi connectivity index (χ2n) is 8.50. The third-order valence-electron chi connectivity index (χ3n) is 6.16. The zero-order valence-corrected chi connectivity index (χ0v) is 20.3. The number of esters is 1. The highest BCUT2D eigenvalue weighted by Crippen LogP contribution is 2.32. The molecule has 182 valence electrons. The number of aromatic nitrogens is 3. The molecule has 1 unspecified atom stereocenters. The van der Waals surface area contributed by atoms with Gasteiger partial charge in [0.05, 0.1) is 29.7 Å². The summed E-state index contributed by atoms with van der Waals surface area (Å²) in [5, 5.41) is 3.51. The predicted octanol–water partition coefficient (Wildman–Crippen LogP) is 5.49. The standard InChI is InChI=1S/C27H22ClFN4O3/c1-15(30-21-8-9-22(28)31-24(21)27(35)36-2)19-13-18(29)14-20-23(19)32-25-17(10-11-33(25)26(20)34)12-16-6-4-3-5-7-16/h3-9,12-15,30H,10-11H2,1-2H3. The van der Waals surface area contributed by atoms with Gasteiger partial charge in [0.15, 0.2) is 5.69 Å². The first-order valence-corrected chi connectivity index (χ1v) is 11.7. The number of nitrogens with one attached hydrogen (secondary N) is 1. The number of carbonyl (C=O) groups excluding carboxylic acids is 1. The number of rotatable bonds is 5. The topological polar surface area (TPSA) is 86.1 Å². The fraction of sp³-hybridized carbons (Fsp3) is 0.185. The van der Waals surface area contributed by atoms with Crippen LogP contribution in [0.3, 0.4) is 0 Å². The molecule has 4 aromatic rings. The fourth-order valence-electron chi connectivity index (χ4n) is 4.44. The van der Waals surface area contributed by atoms with Gasteiger partial charge in [-0.05, 0) is 54.8 Å². The van der Waals surface area contributed by atoms with Crippen LogP contribution in [0.15, 0.2) is 59.4 Å². The van der Waals surface area contributed by atoms with E-state index in [2.05, 4.69) is 10.3 Å². The lowest BCUT2D eigenvalue weighted by Gasteiger charge is -2.19. The van der Waals surface area contributed by atoms with Crippen molar-refractivity contribution in [1.82, 2.24) is 14.5 Å². The number of nitrogens with zero attached hydrogens (tertiary/aromatic N) is 3. The predicted molar refractivity (Wildman–Crippen MR) is 138 cm³/mol. The van der Waals surface area contributed by atoms with Crippen molar-refractivity contribution < 1.29 is 13.9 Å². The van der Waals surface area contributed by atoms with Crippen molar-refractivity contribution >= 4 is 45.8 Å². The van der Waals surface area contributed by atoms with Crippen LogP contribution in [0, 0.1) is 5.82 Å². The number of hydrogen-bond acceptors (Lipinski definition) is 6. The summed E-state index contributed by atoms with van der Waals surface area (Å²) in [6, 6.07) is 15.0. The molecular weight excluding hydrogens is 483 g/mol. The van der Waals surface area contributed by atoms with Gasteiger partial charge in [-0.3, -0.25) is 9.36 Å². The maximum absolute atomic E-state index is 14.7. The molecule has 0 fully saturated rings. The van der Waals surface area contributed by atoms with E-state index in [9.17, 15) is 14.0 Å². The number of fused-ring (bicyclic) bond motifs is 2. The van der Waals surface area contributed by atoms with Crippen molar-refractivity contribution in [2.75, 3.05) is 12.4 Å². The molecule has 0 radical (unpaired) electrons. The number of pyridine rings is 1. The summed E-state index contributed by atoms with van der Waals surface area (Å²) in [5.41, 5.74) is 2.89. The number of carbonyl (C=O) groups is 1. The molecule has 0 bridgehead atoms. The Kier molecular flexibility index (Phi) is 6.28. The van der Waals surface area contributed by atoms with Crippen molar-refractivity contribution in [2.45, 2.75) is 25.9 Å². The van der Waals surface area contributed by atoms with Gasteiger partial charge in [0.25, 0.3) is 5.56 Å². The van der Waals surface area contributed by atoms with E-state index in [-0.39, 0.29) is 21.8 Å². The molecule has 1 aliphatic rings. The SMILES string of the molecule is COC(=O)c1nc(Cl)ccc1NC(C)c1cc(F)cc2c(=O)n3c(nc12)C(=Cc1ccccc1)CC3. The molecule has 9 heteroatoms. The quantitative estimate of drug-likeness (QED) is 0.286. The summed E-state index contributed by atoms with van der Waals surface area (Å²) in [7, 11) is 1.25. The van der Waals surface area contributed by atoms with Gasteiger partial charge in [-0.15, -0.1) is 0 Å². The summed E-state index contributed by atoms with van der Waals surface area (Å²) in [6.45, 7) is 2.27. The first kappa shape index (κ1) is 23.7. The number of hydrogen-bond donors (Lipinski definition) is 1. The number of methoxy groups -OCH3 is 1. The van der Waals surface area contributed by atoms with Crippen LogP contribution in [-0.2, 0) is 11.3 Å². The highest BCUT2D eigenvalue weighted by molar-refractivity contribution is 6.29. The Morgan fingerprint density at radius 2 is 1.97 bits per heavy atom. The van der Waals surface area contributed by atoms with Crippen LogP contribution in [0.4, 0.5) is 10.1 Å². The van der Waals surface area contributed by atoms with Gasteiger partial charge in [-0.25, -0.2) is 19.2 Å². The smallest absolute Gasteiger partial charge is 0.358 e. The van der Waals surface area contributed by atoms with Crippen LogP contribution < -0.4 is 10.9 Å². The second-order valence-corrected chi connectivity index (χ2v) is 8.89. The Bertz CT molecular complexity index is 1580. The number of benzene rings is 2. The second kappa shape index (κ2) is 9.54. The van der Waals surface area contributed by atoms with Gasteiger partial charge in [0.1, 0.15) is 16.8 Å². The average Bonchev–Trinajstić information content (AvgIpc) is 3.28. The minimum absolute atomic E-state index is 0.000408. The molecule has 1 N–H and O–H groups in total. The maximum Gasteiger partial charge on any atom is 0.358 e. The maximum atomic E-state index is 14.7. The lowest BCUT2D eigenvalue weighted by Crippen LogP contribution is -2.22. The lowest BCUT2D eigenvalue weighted by molar-refractivity contribution is 0.0595. The van der Waals surface area contributed by atoms with Gasteiger partial charge in [0, 0.05) is 12.1 Å². The average molecular weight is 505 g/mol. The summed E-state index contributed by atoms with van der Waals surface area (Å²) in [6.07, 6.45) is 2.67. The van der Waals surface area contributed by atoms with Gasteiger partial charge in [-0.2, -0.15) is 0 Å². The molecule has 3 heterocycles. The number of allylic oxidation sites excluding steroid dienone is 1. The van der Waals surface area contributed by atoms with E-state index in [4.69, 9.17) is 21.3 Å². The summed E-state index contributed by atoms with van der Waals surface area (Å²) < 4.78 is 21.1. The minimum atomic E-state index is -0.666. The molecule has 7 nitrogen and oxygen atoms in total. The van der Waals surface area contributed by atoms with Crippen LogP contribution >= 0.6 is 11.6 Å². The molecule has 1 atom stereocenters. The third-order valence-corrected chi connectivity index (χ3v) is 6.37. The Morgan fingerprint density at radius 1 is 1.19 bits per heavy atom. The first-order valence-electron chi connectivity index (χ1n) is 11.4. The van der Waals surface area contributed by atoms with E-state index < -0.39 is 17.8 Å². The zero-order chi connectivity index (χ0) is 25.4. The molecule has 2 aromatic heterocycles. The van der Waals surface area contributed by atoms with Gasteiger partial charge >= 0.3 is 5.97 Å². The summed E-state index contributed by atoms with van der Waals surface area (Å²) in [4.78, 5) is 34.5. The Labute approximate surface area is 211 Å². The molecule has 2 aromatic carbocycles. The van der Waals surface area contributed by atoms with Crippen LogP contribution in [0.5, 0.6) is 0 Å². The van der Waals surface area contributed by atoms with Crippen LogP contribution in [-0.4, -0.2) is 27.6 Å². The van der Waals surface area contributed by atoms with Gasteiger partial charge in [-0.1, -0.05) is 41.9 Å². The third kappa shape index (κ3) is 4.35. The Balaban J connectivity index is 1.62. The normalized spacial score (nSPS) is 14.6. The monoisotopic (exact) mass is 504 g/mol. The molecule has 0 saturated heterocycles. The number of anilines is 1. The van der Waals surface area contributed by atoms with Crippen LogP contribution in [0.25, 0.3) is 22.6 Å². The van der Waals surface area contributed by atoms with E-state index in [0.717, 1.165) is 11.1 Å². The van der Waals surface area contributed by atoms with E-state index in [0.29, 0.717) is 35.6 Å². The number of halogens is 2. The van der Waals surface area contributed by atoms with Crippen molar-refractivity contribution in [3.8, 4) is 0 Å². The van der Waals surface area contributed by atoms with E-state index in [1.165, 1.54) is 25.3 Å². The molecule has 0 saturated carbocycles. The van der Waals surface area contributed by atoms with Crippen molar-refractivity contribution in [1.29, 1.82) is 0 Å². The Hall–Kier alpha value is -4.04. The van der Waals surface area contributed by atoms with Crippen LogP contribution in [0.1, 0.15) is 46.8 Å². The molecule has 0 amide bonds. The van der Waals surface area contributed by atoms with Crippen LogP contribution in [0.2, 0.25) is 5.15 Å². The molecule has 0 spiro atoms. The largest absolute Gasteiger partial charge is 0.464 e. The molecular formula is C27H22ClFN4O3. The lowest BCUT2D eigenvalue weighted by atomic mass is 10.0. The molecule has 0 aliphatic carbocycles.